The van der Waals surface area contributed by atoms with Crippen molar-refractivity contribution >= 4 is 5.69 Å². The second-order valence-electron chi connectivity index (χ2n) is 5.43. The van der Waals surface area contributed by atoms with E-state index in [2.05, 4.69) is 21.7 Å². The highest BCUT2D eigenvalue weighted by Gasteiger charge is 2.19. The normalized spacial score (nSPS) is 16.7. The molecule has 0 radical (unpaired) electrons. The SMILES string of the molecule is Cc1cc(N)ccc1-c1nncn1C1CCCCC1. The van der Waals surface area contributed by atoms with Crippen molar-refractivity contribution in [2.45, 2.75) is 45.1 Å². The highest BCUT2D eigenvalue weighted by molar-refractivity contribution is 5.63. The Morgan fingerprint density at radius 2 is 2.00 bits per heavy atom. The van der Waals surface area contributed by atoms with Crippen molar-refractivity contribution in [1.82, 2.24) is 14.8 Å². The number of hydrogen-bond acceptors (Lipinski definition) is 3. The van der Waals surface area contributed by atoms with Crippen LogP contribution in [0, 0.1) is 6.92 Å². The predicted molar refractivity (Wildman–Crippen MR) is 76.7 cm³/mol. The summed E-state index contributed by atoms with van der Waals surface area (Å²) in [6, 6.07) is 6.53. The van der Waals surface area contributed by atoms with E-state index in [0.29, 0.717) is 6.04 Å². The van der Waals surface area contributed by atoms with E-state index in [9.17, 15) is 0 Å². The molecule has 4 nitrogen and oxygen atoms in total. The molecule has 0 unspecified atom stereocenters. The van der Waals surface area contributed by atoms with Crippen molar-refractivity contribution in [2.24, 2.45) is 0 Å². The van der Waals surface area contributed by atoms with E-state index in [1.165, 1.54) is 32.1 Å². The minimum Gasteiger partial charge on any atom is -0.399 e. The van der Waals surface area contributed by atoms with Gasteiger partial charge >= 0.3 is 0 Å². The fourth-order valence-corrected chi connectivity index (χ4v) is 3.00. The van der Waals surface area contributed by atoms with E-state index in [1.54, 1.807) is 0 Å². The zero-order chi connectivity index (χ0) is 13.2. The van der Waals surface area contributed by atoms with Gasteiger partial charge in [0.05, 0.1) is 0 Å². The average molecular weight is 256 g/mol. The van der Waals surface area contributed by atoms with E-state index in [1.807, 2.05) is 24.5 Å². The zero-order valence-corrected chi connectivity index (χ0v) is 11.3. The van der Waals surface area contributed by atoms with Crippen LogP contribution in [0.2, 0.25) is 0 Å². The minimum atomic E-state index is 0.552. The van der Waals surface area contributed by atoms with Crippen LogP contribution in [0.5, 0.6) is 0 Å². The molecule has 0 amide bonds. The molecule has 1 aromatic heterocycles. The summed E-state index contributed by atoms with van der Waals surface area (Å²) in [5.74, 6) is 0.976. The first-order chi connectivity index (χ1) is 9.25. The lowest BCUT2D eigenvalue weighted by molar-refractivity contribution is 0.355. The van der Waals surface area contributed by atoms with Gasteiger partial charge in [-0.2, -0.15) is 0 Å². The second kappa shape index (κ2) is 5.03. The lowest BCUT2D eigenvalue weighted by atomic mass is 9.95. The Balaban J connectivity index is 1.99. The Hall–Kier alpha value is -1.84. The van der Waals surface area contributed by atoms with Gasteiger partial charge in [-0.05, 0) is 43.5 Å². The third-order valence-corrected chi connectivity index (χ3v) is 4.03. The van der Waals surface area contributed by atoms with E-state index in [-0.39, 0.29) is 0 Å². The molecular formula is C15H20N4. The van der Waals surface area contributed by atoms with Gasteiger partial charge in [-0.15, -0.1) is 10.2 Å². The van der Waals surface area contributed by atoms with E-state index < -0.39 is 0 Å². The number of nitrogen functional groups attached to an aromatic ring is 1. The smallest absolute Gasteiger partial charge is 0.164 e. The largest absolute Gasteiger partial charge is 0.399 e. The van der Waals surface area contributed by atoms with Gasteiger partial charge in [0.1, 0.15) is 6.33 Å². The molecule has 1 saturated carbocycles. The van der Waals surface area contributed by atoms with Gasteiger partial charge in [-0.3, -0.25) is 0 Å². The molecule has 1 aliphatic carbocycles. The summed E-state index contributed by atoms with van der Waals surface area (Å²) in [4.78, 5) is 0. The Labute approximate surface area is 113 Å². The third kappa shape index (κ3) is 2.35. The molecule has 2 N–H and O–H groups in total. The second-order valence-corrected chi connectivity index (χ2v) is 5.43. The van der Waals surface area contributed by atoms with Crippen LogP contribution in [0.3, 0.4) is 0 Å². The summed E-state index contributed by atoms with van der Waals surface area (Å²) in [5.41, 5.74) is 8.91. The average Bonchev–Trinajstić information content (AvgIpc) is 2.89. The van der Waals surface area contributed by atoms with Crippen LogP contribution in [0.4, 0.5) is 5.69 Å². The molecule has 0 saturated heterocycles. The molecule has 1 fully saturated rings. The molecular weight excluding hydrogens is 236 g/mol. The quantitative estimate of drug-likeness (QED) is 0.838. The molecule has 100 valence electrons. The highest BCUT2D eigenvalue weighted by Crippen LogP contribution is 2.32. The first-order valence-electron chi connectivity index (χ1n) is 7.02. The standard InChI is InChI=1S/C15H20N4/c1-11-9-12(16)7-8-14(11)15-18-17-10-19(15)13-5-3-2-4-6-13/h7-10,13H,2-6,16H2,1H3. The van der Waals surface area contributed by atoms with Gasteiger partial charge in [0.2, 0.25) is 0 Å². The molecule has 3 rings (SSSR count). The highest BCUT2D eigenvalue weighted by atomic mass is 15.3. The number of rotatable bonds is 2. The molecule has 0 aliphatic heterocycles. The molecule has 1 heterocycles. The first-order valence-corrected chi connectivity index (χ1v) is 7.02. The number of hydrogen-bond donors (Lipinski definition) is 1. The minimum absolute atomic E-state index is 0.552. The van der Waals surface area contributed by atoms with Crippen LogP contribution in [0.25, 0.3) is 11.4 Å². The summed E-state index contributed by atoms with van der Waals surface area (Å²) in [6.07, 6.45) is 8.32. The lowest BCUT2D eigenvalue weighted by Crippen LogP contribution is -2.13. The zero-order valence-electron chi connectivity index (χ0n) is 11.3. The molecule has 0 atom stereocenters. The van der Waals surface area contributed by atoms with E-state index in [0.717, 1.165) is 22.6 Å². The van der Waals surface area contributed by atoms with Crippen LogP contribution in [-0.4, -0.2) is 14.8 Å². The van der Waals surface area contributed by atoms with Crippen LogP contribution < -0.4 is 5.73 Å². The van der Waals surface area contributed by atoms with Crippen LogP contribution in [-0.2, 0) is 0 Å². The van der Waals surface area contributed by atoms with Crippen molar-refractivity contribution in [3.05, 3.63) is 30.1 Å². The van der Waals surface area contributed by atoms with Gasteiger partial charge in [-0.25, -0.2) is 0 Å². The molecule has 0 spiro atoms. The fourth-order valence-electron chi connectivity index (χ4n) is 3.00. The maximum absolute atomic E-state index is 5.82. The van der Waals surface area contributed by atoms with Crippen molar-refractivity contribution in [2.75, 3.05) is 5.73 Å². The van der Waals surface area contributed by atoms with Crippen LogP contribution >= 0.6 is 0 Å². The van der Waals surface area contributed by atoms with Crippen molar-refractivity contribution in [1.29, 1.82) is 0 Å². The molecule has 4 heteroatoms. The lowest BCUT2D eigenvalue weighted by Gasteiger charge is -2.24. The molecule has 0 bridgehead atoms. The summed E-state index contributed by atoms with van der Waals surface area (Å²) >= 11 is 0. The van der Waals surface area contributed by atoms with Gasteiger partial charge in [0, 0.05) is 17.3 Å². The first kappa shape index (κ1) is 12.2. The summed E-state index contributed by atoms with van der Waals surface area (Å²) in [6.45, 7) is 2.07. The van der Waals surface area contributed by atoms with Crippen molar-refractivity contribution in [3.63, 3.8) is 0 Å². The third-order valence-electron chi connectivity index (χ3n) is 4.03. The summed E-state index contributed by atoms with van der Waals surface area (Å²) < 4.78 is 2.25. The maximum Gasteiger partial charge on any atom is 0.164 e. The fraction of sp³-hybridized carbons (Fsp3) is 0.467. The van der Waals surface area contributed by atoms with Crippen LogP contribution in [0.15, 0.2) is 24.5 Å². The Kier molecular flexibility index (Phi) is 3.23. The summed E-state index contributed by atoms with van der Waals surface area (Å²) in [7, 11) is 0. The van der Waals surface area contributed by atoms with Gasteiger partial charge in [0.25, 0.3) is 0 Å². The number of nitrogens with two attached hydrogens (primary N) is 1. The number of benzene rings is 1. The number of anilines is 1. The Morgan fingerprint density at radius 1 is 1.21 bits per heavy atom. The Bertz CT molecular complexity index is 567. The van der Waals surface area contributed by atoms with Crippen molar-refractivity contribution in [3.8, 4) is 11.4 Å². The number of nitrogens with zero attached hydrogens (tertiary/aromatic N) is 3. The topological polar surface area (TPSA) is 56.7 Å². The van der Waals surface area contributed by atoms with Gasteiger partial charge in [-0.1, -0.05) is 19.3 Å². The molecule has 1 aliphatic rings. The number of aryl methyl sites for hydroxylation is 1. The summed E-state index contributed by atoms with van der Waals surface area (Å²) in [5, 5.41) is 8.44. The number of aromatic nitrogens is 3. The molecule has 2 aromatic rings. The van der Waals surface area contributed by atoms with Crippen molar-refractivity contribution < 1.29 is 0 Å². The molecule has 1 aromatic carbocycles. The van der Waals surface area contributed by atoms with Gasteiger partial charge in [0.15, 0.2) is 5.82 Å². The van der Waals surface area contributed by atoms with E-state index >= 15 is 0 Å². The predicted octanol–water partition coefficient (Wildman–Crippen LogP) is 3.34. The Morgan fingerprint density at radius 3 is 2.74 bits per heavy atom. The monoisotopic (exact) mass is 256 g/mol. The van der Waals surface area contributed by atoms with Gasteiger partial charge < -0.3 is 10.3 Å². The molecule has 19 heavy (non-hydrogen) atoms. The van der Waals surface area contributed by atoms with E-state index in [4.69, 9.17) is 5.73 Å². The maximum atomic E-state index is 5.82. The van der Waals surface area contributed by atoms with Crippen LogP contribution in [0.1, 0.15) is 43.7 Å².